The number of ketones is 1. The van der Waals surface area contributed by atoms with Crippen LogP contribution in [0.25, 0.3) is 16.0 Å². The minimum atomic E-state index is -0.823. The Kier molecular flexibility index (Phi) is 6.17. The number of carbonyl (C=O) groups excluding carboxylic acids is 2. The molecule has 1 atom stereocenters. The Morgan fingerprint density at radius 1 is 1.09 bits per heavy atom. The summed E-state index contributed by atoms with van der Waals surface area (Å²) in [5, 5.41) is 11.7. The van der Waals surface area contributed by atoms with Crippen molar-refractivity contribution in [2.45, 2.75) is 19.9 Å². The van der Waals surface area contributed by atoms with E-state index in [2.05, 4.69) is 20.9 Å². The Morgan fingerprint density at radius 3 is 2.49 bits per heavy atom. The van der Waals surface area contributed by atoms with Crippen molar-refractivity contribution in [2.75, 3.05) is 11.5 Å². The fourth-order valence-corrected chi connectivity index (χ4v) is 5.50. The van der Waals surface area contributed by atoms with Gasteiger partial charge >= 0.3 is 5.91 Å². The summed E-state index contributed by atoms with van der Waals surface area (Å²) in [6.45, 7) is 4.39. The number of anilines is 1. The van der Waals surface area contributed by atoms with Crippen LogP contribution in [-0.2, 0) is 9.59 Å². The third-order valence-electron chi connectivity index (χ3n) is 5.81. The Morgan fingerprint density at radius 2 is 1.80 bits per heavy atom. The molecule has 0 bridgehead atoms. The molecular formula is C27H21BrN2O4S. The van der Waals surface area contributed by atoms with Gasteiger partial charge in [0.05, 0.1) is 28.4 Å². The molecule has 1 aromatic heterocycles. The summed E-state index contributed by atoms with van der Waals surface area (Å²) < 4.78 is 7.26. The number of hydrogen-bond acceptors (Lipinski definition) is 6. The second-order valence-corrected chi connectivity index (χ2v) is 10.1. The van der Waals surface area contributed by atoms with E-state index in [4.69, 9.17) is 4.74 Å². The largest absolute Gasteiger partial charge is 0.507 e. The number of aromatic nitrogens is 1. The van der Waals surface area contributed by atoms with Crippen LogP contribution < -0.4 is 9.64 Å². The van der Waals surface area contributed by atoms with Crippen molar-refractivity contribution in [3.63, 3.8) is 0 Å². The average molecular weight is 549 g/mol. The van der Waals surface area contributed by atoms with Gasteiger partial charge in [0.25, 0.3) is 5.78 Å². The summed E-state index contributed by atoms with van der Waals surface area (Å²) in [6.07, 6.45) is 0. The van der Waals surface area contributed by atoms with Crippen molar-refractivity contribution in [1.82, 2.24) is 4.98 Å². The molecule has 1 amide bonds. The zero-order chi connectivity index (χ0) is 24.7. The standard InChI is InChI=1S/C27H21BrN2O4S/c1-3-34-19-11-7-17(8-12-19)24(31)22-23(16-5-9-18(28)10-6-16)30(26(33)25(22)32)27-29-20-13-4-15(2)14-21(20)35-27/h4-14,23,31H,3H2,1-2H3/b24-22+/t23-/m1/s1. The van der Waals surface area contributed by atoms with E-state index in [1.807, 2.05) is 56.3 Å². The zero-order valence-electron chi connectivity index (χ0n) is 19.0. The van der Waals surface area contributed by atoms with Crippen LogP contribution in [0.2, 0.25) is 0 Å². The summed E-state index contributed by atoms with van der Waals surface area (Å²) in [7, 11) is 0. The zero-order valence-corrected chi connectivity index (χ0v) is 21.4. The second-order valence-electron chi connectivity index (χ2n) is 8.15. The van der Waals surface area contributed by atoms with E-state index < -0.39 is 17.7 Å². The number of hydrogen-bond donors (Lipinski definition) is 1. The van der Waals surface area contributed by atoms with E-state index in [0.717, 1.165) is 20.3 Å². The van der Waals surface area contributed by atoms with Gasteiger partial charge in [0.1, 0.15) is 11.5 Å². The van der Waals surface area contributed by atoms with Crippen LogP contribution in [0.1, 0.15) is 29.7 Å². The minimum Gasteiger partial charge on any atom is -0.507 e. The lowest BCUT2D eigenvalue weighted by Gasteiger charge is -2.23. The fraction of sp³-hybridized carbons (Fsp3) is 0.148. The molecule has 8 heteroatoms. The molecule has 0 radical (unpaired) electrons. The Bertz CT molecular complexity index is 1480. The van der Waals surface area contributed by atoms with Gasteiger partial charge in [0, 0.05) is 10.0 Å². The topological polar surface area (TPSA) is 79.7 Å². The molecule has 4 aromatic rings. The van der Waals surface area contributed by atoms with Gasteiger partial charge in [-0.15, -0.1) is 0 Å². The second kappa shape index (κ2) is 9.28. The van der Waals surface area contributed by atoms with E-state index in [1.54, 1.807) is 24.3 Å². The van der Waals surface area contributed by atoms with Crippen molar-refractivity contribution in [3.8, 4) is 5.75 Å². The molecule has 35 heavy (non-hydrogen) atoms. The smallest absolute Gasteiger partial charge is 0.301 e. The molecule has 1 aliphatic rings. The number of rotatable bonds is 5. The summed E-state index contributed by atoms with van der Waals surface area (Å²) in [5.41, 5.74) is 2.97. The van der Waals surface area contributed by atoms with Crippen LogP contribution >= 0.6 is 27.3 Å². The van der Waals surface area contributed by atoms with Crippen LogP contribution in [0.5, 0.6) is 5.75 Å². The first-order valence-electron chi connectivity index (χ1n) is 11.0. The van der Waals surface area contributed by atoms with E-state index in [-0.39, 0.29) is 11.3 Å². The lowest BCUT2D eigenvalue weighted by atomic mass is 9.95. The van der Waals surface area contributed by atoms with Crippen LogP contribution in [0.4, 0.5) is 5.13 Å². The number of ether oxygens (including phenoxy) is 1. The van der Waals surface area contributed by atoms with Crippen molar-refractivity contribution >= 4 is 60.1 Å². The third-order valence-corrected chi connectivity index (χ3v) is 7.35. The first kappa shape index (κ1) is 23.3. The molecule has 5 rings (SSSR count). The predicted molar refractivity (Wildman–Crippen MR) is 141 cm³/mol. The lowest BCUT2D eigenvalue weighted by Crippen LogP contribution is -2.29. The van der Waals surface area contributed by atoms with Gasteiger partial charge in [-0.05, 0) is 73.5 Å². The van der Waals surface area contributed by atoms with E-state index >= 15 is 0 Å². The number of aliphatic hydroxyl groups is 1. The predicted octanol–water partition coefficient (Wildman–Crippen LogP) is 6.39. The summed E-state index contributed by atoms with van der Waals surface area (Å²) >= 11 is 4.78. The van der Waals surface area contributed by atoms with Gasteiger partial charge in [0.15, 0.2) is 5.13 Å². The highest BCUT2D eigenvalue weighted by Crippen LogP contribution is 2.44. The van der Waals surface area contributed by atoms with Crippen LogP contribution in [0.15, 0.2) is 76.8 Å². The summed E-state index contributed by atoms with van der Waals surface area (Å²) in [6, 6.07) is 19.2. The number of aryl methyl sites for hydroxylation is 1. The lowest BCUT2D eigenvalue weighted by molar-refractivity contribution is -0.132. The molecule has 1 N–H and O–H groups in total. The summed E-state index contributed by atoms with van der Waals surface area (Å²) in [5.74, 6) is -1.06. The van der Waals surface area contributed by atoms with E-state index in [1.165, 1.54) is 16.2 Å². The van der Waals surface area contributed by atoms with Gasteiger partial charge in [-0.1, -0.05) is 45.5 Å². The number of Topliss-reactive ketones (excluding diaryl/α,β-unsaturated/α-hetero) is 1. The first-order valence-corrected chi connectivity index (χ1v) is 12.6. The summed E-state index contributed by atoms with van der Waals surface area (Å²) in [4.78, 5) is 32.7. The van der Waals surface area contributed by atoms with Crippen molar-refractivity contribution in [3.05, 3.63) is 93.5 Å². The van der Waals surface area contributed by atoms with Crippen LogP contribution in [0.3, 0.4) is 0 Å². The van der Waals surface area contributed by atoms with Crippen molar-refractivity contribution < 1.29 is 19.4 Å². The maximum atomic E-state index is 13.4. The Labute approximate surface area is 214 Å². The van der Waals surface area contributed by atoms with Crippen molar-refractivity contribution in [2.24, 2.45) is 0 Å². The molecule has 0 spiro atoms. The number of thiazole rings is 1. The van der Waals surface area contributed by atoms with E-state index in [9.17, 15) is 14.7 Å². The van der Waals surface area contributed by atoms with Gasteiger partial charge in [0.2, 0.25) is 0 Å². The Balaban J connectivity index is 1.68. The number of carbonyl (C=O) groups is 2. The van der Waals surface area contributed by atoms with Gasteiger partial charge in [-0.25, -0.2) is 4.98 Å². The highest BCUT2D eigenvalue weighted by Gasteiger charge is 2.48. The first-order chi connectivity index (χ1) is 16.9. The third kappa shape index (κ3) is 4.24. The molecule has 3 aromatic carbocycles. The maximum absolute atomic E-state index is 13.4. The van der Waals surface area contributed by atoms with Crippen LogP contribution in [-0.4, -0.2) is 28.4 Å². The molecule has 0 unspecified atom stereocenters. The van der Waals surface area contributed by atoms with Gasteiger partial charge in [-0.3, -0.25) is 14.5 Å². The van der Waals surface area contributed by atoms with Gasteiger partial charge < -0.3 is 9.84 Å². The monoisotopic (exact) mass is 548 g/mol. The highest BCUT2D eigenvalue weighted by atomic mass is 79.9. The SMILES string of the molecule is CCOc1ccc(/C(O)=C2\C(=O)C(=O)N(c3nc4ccc(C)cc4s3)[C@@H]2c2ccc(Br)cc2)cc1. The fourth-order valence-electron chi connectivity index (χ4n) is 4.14. The maximum Gasteiger partial charge on any atom is 0.301 e. The number of benzene rings is 3. The molecule has 1 saturated heterocycles. The quantitative estimate of drug-likeness (QED) is 0.177. The number of halogens is 1. The molecule has 6 nitrogen and oxygen atoms in total. The van der Waals surface area contributed by atoms with Crippen molar-refractivity contribution in [1.29, 1.82) is 0 Å². The molecular weight excluding hydrogens is 528 g/mol. The number of nitrogens with zero attached hydrogens (tertiary/aromatic N) is 2. The van der Waals surface area contributed by atoms with E-state index in [0.29, 0.717) is 28.6 Å². The number of aliphatic hydroxyl groups excluding tert-OH is 1. The number of amides is 1. The molecule has 0 aliphatic carbocycles. The normalized spacial score (nSPS) is 17.3. The molecule has 1 fully saturated rings. The minimum absolute atomic E-state index is 0.0249. The average Bonchev–Trinajstić information content (AvgIpc) is 3.37. The number of fused-ring (bicyclic) bond motifs is 1. The molecule has 2 heterocycles. The molecule has 176 valence electrons. The Hall–Kier alpha value is -3.49. The highest BCUT2D eigenvalue weighted by molar-refractivity contribution is 9.10. The molecule has 0 saturated carbocycles. The molecule has 1 aliphatic heterocycles. The van der Waals surface area contributed by atoms with Crippen LogP contribution in [0, 0.1) is 6.92 Å². The van der Waals surface area contributed by atoms with Gasteiger partial charge in [-0.2, -0.15) is 0 Å².